The maximum atomic E-state index is 13.2. The number of carboxylic acid groups (broad SMARTS) is 1. The lowest BCUT2D eigenvalue weighted by molar-refractivity contribution is -0.291. The zero-order chi connectivity index (χ0) is 48.4. The minimum absolute atomic E-state index is 0.0129. The number of aromatic nitrogens is 3. The second-order valence-electron chi connectivity index (χ2n) is 16.8. The van der Waals surface area contributed by atoms with Gasteiger partial charge in [0.1, 0.15) is 30.5 Å². The van der Waals surface area contributed by atoms with Gasteiger partial charge in [0.2, 0.25) is 11.9 Å². The Kier molecular flexibility index (Phi) is 21.7. The fourth-order valence-electron chi connectivity index (χ4n) is 7.07. The molecule has 0 bridgehead atoms. The number of nitrogens with zero attached hydrogens (tertiary/aromatic N) is 1. The molecule has 4 rings (SSSR count). The van der Waals surface area contributed by atoms with E-state index in [1.54, 1.807) is 30.5 Å². The van der Waals surface area contributed by atoms with Crippen LogP contribution in [0.4, 0.5) is 5.95 Å². The van der Waals surface area contributed by atoms with Crippen LogP contribution in [0.1, 0.15) is 67.9 Å². The number of rotatable bonds is 28. The Morgan fingerprint density at radius 1 is 1.00 bits per heavy atom. The molecule has 368 valence electrons. The van der Waals surface area contributed by atoms with Crippen molar-refractivity contribution in [3.8, 4) is 0 Å². The van der Waals surface area contributed by atoms with Crippen molar-refractivity contribution >= 4 is 52.5 Å². The van der Waals surface area contributed by atoms with Gasteiger partial charge in [-0.3, -0.25) is 24.2 Å². The molecule has 1 fully saturated rings. The number of H-pyrrole nitrogens is 2. The third-order valence-corrected chi connectivity index (χ3v) is 11.6. The second kappa shape index (κ2) is 26.6. The molecule has 2 unspecified atom stereocenters. The van der Waals surface area contributed by atoms with Gasteiger partial charge in [0, 0.05) is 61.9 Å². The zero-order valence-corrected chi connectivity index (χ0v) is 38.5. The van der Waals surface area contributed by atoms with Crippen LogP contribution in [0.5, 0.6) is 0 Å². The average Bonchev–Trinajstić information content (AvgIpc) is 3.68. The highest BCUT2D eigenvalue weighted by Crippen LogP contribution is 2.25. The summed E-state index contributed by atoms with van der Waals surface area (Å²) < 4.78 is 27.9. The fourth-order valence-corrected chi connectivity index (χ4v) is 8.26. The van der Waals surface area contributed by atoms with Crippen LogP contribution in [0.3, 0.4) is 0 Å². The molecule has 1 saturated heterocycles. The molecule has 3 aromatic rings. The number of hydrogen-bond acceptors (Lipinski definition) is 18. The van der Waals surface area contributed by atoms with Crippen molar-refractivity contribution in [3.63, 3.8) is 0 Å². The van der Waals surface area contributed by atoms with Crippen molar-refractivity contribution in [2.45, 2.75) is 114 Å². The Balaban J connectivity index is 1.13. The molecule has 2 aromatic heterocycles. The molecular formula is C43H65N7O15S. The first-order chi connectivity index (χ1) is 31.4. The minimum Gasteiger partial charge on any atom is -0.480 e. The van der Waals surface area contributed by atoms with Gasteiger partial charge >= 0.3 is 11.9 Å². The van der Waals surface area contributed by atoms with E-state index in [0.29, 0.717) is 35.4 Å². The first-order valence-electron chi connectivity index (χ1n) is 21.7. The summed E-state index contributed by atoms with van der Waals surface area (Å²) in [6.07, 6.45) is -3.21. The lowest BCUT2D eigenvalue weighted by Crippen LogP contribution is -2.53. The number of esters is 1. The molecule has 22 nitrogen and oxygen atoms in total. The first-order valence-corrected chi connectivity index (χ1v) is 22.8. The van der Waals surface area contributed by atoms with Gasteiger partial charge in [-0.1, -0.05) is 12.1 Å². The quantitative estimate of drug-likeness (QED) is 0.0318. The van der Waals surface area contributed by atoms with E-state index in [1.807, 2.05) is 20.8 Å². The summed E-state index contributed by atoms with van der Waals surface area (Å²) >= 11 is 1.41. The van der Waals surface area contributed by atoms with E-state index in [4.69, 9.17) is 29.4 Å². The molecule has 1 aliphatic heterocycles. The monoisotopic (exact) mass is 951 g/mol. The third kappa shape index (κ3) is 17.2. The molecule has 0 aliphatic carbocycles. The maximum absolute atomic E-state index is 13.2. The number of aryl methyl sites for hydroxylation is 2. The van der Waals surface area contributed by atoms with Crippen molar-refractivity contribution < 1.29 is 68.4 Å². The predicted molar refractivity (Wildman–Crippen MR) is 242 cm³/mol. The number of anilines is 1. The van der Waals surface area contributed by atoms with Gasteiger partial charge in [-0.15, -0.1) is 0 Å². The van der Waals surface area contributed by atoms with Gasteiger partial charge in [-0.25, -0.2) is 4.79 Å². The van der Waals surface area contributed by atoms with E-state index in [1.165, 1.54) is 18.9 Å². The summed E-state index contributed by atoms with van der Waals surface area (Å²) in [5.74, 6) is -2.20. The summed E-state index contributed by atoms with van der Waals surface area (Å²) in [7, 11) is 1.48. The second-order valence-corrected chi connectivity index (χ2v) is 17.8. The number of benzene rings is 1. The van der Waals surface area contributed by atoms with E-state index in [-0.39, 0.29) is 81.6 Å². The van der Waals surface area contributed by atoms with Crippen LogP contribution >= 0.6 is 11.8 Å². The van der Waals surface area contributed by atoms with Crippen LogP contribution in [0.15, 0.2) is 35.3 Å². The number of carbonyl (C=O) groups excluding carboxylic acids is 3. The number of hydrogen-bond donors (Lipinski definition) is 11. The predicted octanol–water partition coefficient (Wildman–Crippen LogP) is -0.641. The molecule has 2 amide bonds. The van der Waals surface area contributed by atoms with E-state index < -0.39 is 78.9 Å². The van der Waals surface area contributed by atoms with Crippen LogP contribution in [0, 0.1) is 0 Å². The number of nitrogen functional groups attached to an aromatic ring is 1. The van der Waals surface area contributed by atoms with Gasteiger partial charge < -0.3 is 75.9 Å². The van der Waals surface area contributed by atoms with Gasteiger partial charge in [0.05, 0.1) is 49.6 Å². The van der Waals surface area contributed by atoms with Gasteiger partial charge in [0.15, 0.2) is 6.29 Å². The van der Waals surface area contributed by atoms with Crippen LogP contribution in [0.25, 0.3) is 11.0 Å². The van der Waals surface area contributed by atoms with Gasteiger partial charge in [0.25, 0.3) is 11.5 Å². The number of nitrogens with two attached hydrogens (primary N) is 1. The van der Waals surface area contributed by atoms with Crippen molar-refractivity contribution in [1.82, 2.24) is 30.9 Å². The number of aliphatic carboxylic acids is 1. The highest BCUT2D eigenvalue weighted by molar-refractivity contribution is 7.99. The Labute approximate surface area is 386 Å². The SMILES string of the molecule is COC(CSC[C@@H](NC(C)(C)C)C(=O)NCCOCCOC(=O)CC[C@H](NC(=O)c1ccc(CCc2c[nH]c3nc(N)[nH]c(=O)c23)cc1)C(=O)O)[C@H](CCO)O[C@@H]1OC(CO)[C@@H](O)C[C@@H]1O. The smallest absolute Gasteiger partial charge is 0.326 e. The fraction of sp³-hybridized carbons (Fsp3) is 0.628. The molecule has 8 atom stereocenters. The number of ether oxygens (including phenoxy) is 5. The number of thioether (sulfide) groups is 1. The van der Waals surface area contributed by atoms with E-state index >= 15 is 0 Å². The number of amides is 2. The lowest BCUT2D eigenvalue weighted by Gasteiger charge is -2.39. The average molecular weight is 952 g/mol. The Bertz CT molecular complexity index is 2060. The van der Waals surface area contributed by atoms with Crippen molar-refractivity contribution in [3.05, 3.63) is 57.5 Å². The number of nitrogens with one attached hydrogen (secondary N) is 5. The standard InChI is InChI=1S/C43H65N7O15S/c1-43(2,3)50-28(22-66-23-33(61-4)31(13-15-51)64-41-30(54)19-29(53)32(21-52)65-41)38(57)45-14-16-62-17-18-63-34(55)12-11-27(40(59)60)47-37(56)25-8-5-24(6-9-25)7-10-26-20-46-36-35(26)39(58)49-42(44)48-36/h5-6,8-9,20,27-33,41,50-54H,7,10-19,21-23H2,1-4H3,(H,45,57)(H,47,56)(H,59,60)(H4,44,46,48,49,58)/t27-,28+,29-,30-,31-,32?,33?,41+/m0/s1. The summed E-state index contributed by atoms with van der Waals surface area (Å²) in [4.78, 5) is 72.3. The zero-order valence-electron chi connectivity index (χ0n) is 37.7. The number of aliphatic hydroxyl groups is 4. The molecule has 66 heavy (non-hydrogen) atoms. The lowest BCUT2D eigenvalue weighted by atomic mass is 10.0. The third-order valence-electron chi connectivity index (χ3n) is 10.5. The minimum atomic E-state index is -1.35. The van der Waals surface area contributed by atoms with Crippen LogP contribution in [-0.2, 0) is 50.9 Å². The normalized spacial score (nSPS) is 19.5. The number of carbonyl (C=O) groups is 4. The Hall–Kier alpha value is -4.69. The molecule has 1 aliphatic rings. The van der Waals surface area contributed by atoms with Crippen molar-refractivity contribution in [2.75, 3.05) is 63.9 Å². The molecule has 3 heterocycles. The first kappa shape index (κ1) is 53.9. The molecule has 1 aromatic carbocycles. The highest BCUT2D eigenvalue weighted by Gasteiger charge is 2.39. The number of fused-ring (bicyclic) bond motifs is 1. The summed E-state index contributed by atoms with van der Waals surface area (Å²) in [5, 5.41) is 58.4. The topological polar surface area (TPSA) is 339 Å². The maximum Gasteiger partial charge on any atom is 0.326 e. The number of aliphatic hydroxyl groups excluding tert-OH is 4. The van der Waals surface area contributed by atoms with Gasteiger partial charge in [-0.05, 0) is 69.7 Å². The van der Waals surface area contributed by atoms with Crippen molar-refractivity contribution in [1.29, 1.82) is 0 Å². The molecule has 0 spiro atoms. The molecule has 12 N–H and O–H groups in total. The highest BCUT2D eigenvalue weighted by atomic mass is 32.2. The largest absolute Gasteiger partial charge is 0.480 e. The van der Waals surface area contributed by atoms with Crippen LogP contribution in [0.2, 0.25) is 0 Å². The van der Waals surface area contributed by atoms with Crippen LogP contribution in [-0.4, -0.2) is 177 Å². The van der Waals surface area contributed by atoms with Crippen molar-refractivity contribution in [2.24, 2.45) is 0 Å². The Morgan fingerprint density at radius 2 is 1.74 bits per heavy atom. The summed E-state index contributed by atoms with van der Waals surface area (Å²) in [6.45, 7) is 5.24. The van der Waals surface area contributed by atoms with E-state index in [0.717, 1.165) is 11.1 Å². The number of carboxylic acids is 1. The molecular weight excluding hydrogens is 887 g/mol. The number of methoxy groups -OCH3 is 1. The molecule has 0 radical (unpaired) electrons. The molecule has 0 saturated carbocycles. The summed E-state index contributed by atoms with van der Waals surface area (Å²) in [5.41, 5.74) is 7.10. The number of aromatic amines is 2. The van der Waals surface area contributed by atoms with E-state index in [9.17, 15) is 49.5 Å². The van der Waals surface area contributed by atoms with Crippen LogP contribution < -0.4 is 27.2 Å². The summed E-state index contributed by atoms with van der Waals surface area (Å²) in [6, 6.07) is 4.62. The molecule has 23 heteroatoms. The van der Waals surface area contributed by atoms with E-state index in [2.05, 4.69) is 30.9 Å². The van der Waals surface area contributed by atoms with Gasteiger partial charge in [-0.2, -0.15) is 16.7 Å². The Morgan fingerprint density at radius 3 is 2.41 bits per heavy atom.